The van der Waals surface area contributed by atoms with Crippen LogP contribution in [0.3, 0.4) is 0 Å². The van der Waals surface area contributed by atoms with Gasteiger partial charge in [0.15, 0.2) is 0 Å². The highest BCUT2D eigenvalue weighted by molar-refractivity contribution is 4.91. The number of rotatable bonds is 3. The summed E-state index contributed by atoms with van der Waals surface area (Å²) in [6.07, 6.45) is -26.2. The van der Waals surface area contributed by atoms with Gasteiger partial charge in [-0.05, 0) is 6.92 Å². The van der Waals surface area contributed by atoms with Crippen molar-refractivity contribution in [2.45, 2.75) is 37.2 Å². The van der Waals surface area contributed by atoms with Gasteiger partial charge in [0.1, 0.15) is 0 Å². The zero-order valence-electron chi connectivity index (χ0n) is 8.07. The molecule has 0 saturated heterocycles. The Bertz CT molecular complexity index is 298. The molecule has 0 bridgehead atoms. The van der Waals surface area contributed by atoms with Crippen molar-refractivity contribution in [3.05, 3.63) is 0 Å². The van der Waals surface area contributed by atoms with E-state index in [2.05, 4.69) is 0 Å². The van der Waals surface area contributed by atoms with Crippen molar-refractivity contribution in [1.82, 2.24) is 0 Å². The lowest BCUT2D eigenvalue weighted by Crippen LogP contribution is -2.58. The Labute approximate surface area is 91.5 Å². The van der Waals surface area contributed by atoms with E-state index in [0.717, 1.165) is 0 Å². The molecule has 0 fully saturated rings. The van der Waals surface area contributed by atoms with Gasteiger partial charge in [0.2, 0.25) is 0 Å². The van der Waals surface area contributed by atoms with Gasteiger partial charge in [0, 0.05) is 0 Å². The summed E-state index contributed by atoms with van der Waals surface area (Å²) in [5.41, 5.74) is -5.73. The molecule has 18 heavy (non-hydrogen) atoms. The van der Waals surface area contributed by atoms with E-state index in [1.54, 1.807) is 4.74 Å². The molecule has 0 aromatic carbocycles. The van der Waals surface area contributed by atoms with E-state index in [9.17, 15) is 48.3 Å². The zero-order valence-corrected chi connectivity index (χ0v) is 8.07. The summed E-state index contributed by atoms with van der Waals surface area (Å²) in [5.74, 6) is 0. The van der Waals surface area contributed by atoms with Crippen LogP contribution in [0.25, 0.3) is 0 Å². The molecule has 110 valence electrons. The average molecular weight is 300 g/mol. The van der Waals surface area contributed by atoms with Gasteiger partial charge in [0.05, 0.1) is 0 Å². The summed E-state index contributed by atoms with van der Waals surface area (Å²) in [4.78, 5) is 0. The Balaban J connectivity index is 5.33. The van der Waals surface area contributed by atoms with Crippen molar-refractivity contribution in [2.75, 3.05) is 0 Å². The number of hydrogen-bond acceptors (Lipinski definition) is 1. The maximum Gasteiger partial charge on any atom is 0.483 e. The van der Waals surface area contributed by atoms with Gasteiger partial charge in [-0.3, -0.25) is 0 Å². The maximum absolute atomic E-state index is 12.6. The first kappa shape index (κ1) is 17.2. The number of alkyl halides is 11. The highest BCUT2D eigenvalue weighted by Crippen LogP contribution is 2.50. The molecule has 1 unspecified atom stereocenters. The summed E-state index contributed by atoms with van der Waals surface area (Å²) in [5, 5.41) is 0. The fraction of sp³-hybridized carbons (Fsp3) is 1.00. The molecule has 0 spiro atoms. The molecule has 0 radical (unpaired) electrons. The SMILES string of the molecule is CC(F)(C(F)(F)F)C(F)(F)OC(F)(F)C(F)(F)F. The van der Waals surface area contributed by atoms with E-state index >= 15 is 0 Å². The minimum Gasteiger partial charge on any atom is -0.245 e. The predicted octanol–water partition coefficient (Wildman–Crippen LogP) is 4.04. The van der Waals surface area contributed by atoms with Crippen LogP contribution in [0.4, 0.5) is 48.3 Å². The Hall–Kier alpha value is -0.810. The Morgan fingerprint density at radius 3 is 1.11 bits per heavy atom. The summed E-state index contributed by atoms with van der Waals surface area (Å²) in [7, 11) is 0. The van der Waals surface area contributed by atoms with Crippen LogP contribution in [0.2, 0.25) is 0 Å². The number of hydrogen-bond donors (Lipinski definition) is 0. The van der Waals surface area contributed by atoms with Gasteiger partial charge in [-0.15, -0.1) is 0 Å². The smallest absolute Gasteiger partial charge is 0.245 e. The Morgan fingerprint density at radius 1 is 0.556 bits per heavy atom. The lowest BCUT2D eigenvalue weighted by atomic mass is 10.1. The standard InChI is InChI=1S/C6H3F11O/c1-2(7,3(8,9)10)5(14,15)18-6(16,17)4(11,12)13/h1H3. The van der Waals surface area contributed by atoms with E-state index in [4.69, 9.17) is 0 Å². The van der Waals surface area contributed by atoms with Crippen LogP contribution in [0.1, 0.15) is 6.92 Å². The minimum atomic E-state index is -6.72. The minimum absolute atomic E-state index is 0.931. The lowest BCUT2D eigenvalue weighted by molar-refractivity contribution is -0.489. The molecule has 0 rings (SSSR count). The summed E-state index contributed by atoms with van der Waals surface area (Å²) < 4.78 is 133. The molecule has 0 amide bonds. The summed E-state index contributed by atoms with van der Waals surface area (Å²) in [6.45, 7) is -0.931. The molecule has 0 aliphatic rings. The Kier molecular flexibility index (Phi) is 3.91. The van der Waals surface area contributed by atoms with Gasteiger partial charge in [-0.2, -0.15) is 43.9 Å². The van der Waals surface area contributed by atoms with E-state index in [0.29, 0.717) is 0 Å². The van der Waals surface area contributed by atoms with Gasteiger partial charge >= 0.3 is 24.6 Å². The molecular formula is C6H3F11O. The normalized spacial score (nSPS) is 18.7. The quantitative estimate of drug-likeness (QED) is 0.715. The second kappa shape index (κ2) is 4.10. The molecule has 0 saturated carbocycles. The van der Waals surface area contributed by atoms with Crippen LogP contribution < -0.4 is 0 Å². The fourth-order valence-corrected chi connectivity index (χ4v) is 0.480. The first-order valence-corrected chi connectivity index (χ1v) is 3.74. The molecule has 1 nitrogen and oxygen atoms in total. The van der Waals surface area contributed by atoms with Crippen LogP contribution >= 0.6 is 0 Å². The van der Waals surface area contributed by atoms with Crippen molar-refractivity contribution >= 4 is 0 Å². The van der Waals surface area contributed by atoms with Crippen molar-refractivity contribution in [3.8, 4) is 0 Å². The summed E-state index contributed by atoms with van der Waals surface area (Å²) in [6, 6.07) is 0. The average Bonchev–Trinajstić information content (AvgIpc) is 1.96. The van der Waals surface area contributed by atoms with E-state index < -0.39 is 37.2 Å². The largest absolute Gasteiger partial charge is 0.483 e. The van der Waals surface area contributed by atoms with Crippen molar-refractivity contribution in [1.29, 1.82) is 0 Å². The maximum atomic E-state index is 12.6. The van der Waals surface area contributed by atoms with E-state index in [1.807, 2.05) is 0 Å². The topological polar surface area (TPSA) is 9.23 Å². The zero-order chi connectivity index (χ0) is 15.2. The van der Waals surface area contributed by atoms with Gasteiger partial charge < -0.3 is 0 Å². The molecular weight excluding hydrogens is 297 g/mol. The molecule has 0 heterocycles. The third kappa shape index (κ3) is 2.95. The number of ether oxygens (including phenoxy) is 1. The molecule has 0 aromatic rings. The van der Waals surface area contributed by atoms with Crippen molar-refractivity contribution in [3.63, 3.8) is 0 Å². The van der Waals surface area contributed by atoms with Crippen molar-refractivity contribution < 1.29 is 53.0 Å². The van der Waals surface area contributed by atoms with Crippen LogP contribution in [0.5, 0.6) is 0 Å². The van der Waals surface area contributed by atoms with E-state index in [-0.39, 0.29) is 0 Å². The third-order valence-corrected chi connectivity index (χ3v) is 1.67. The van der Waals surface area contributed by atoms with E-state index in [1.165, 1.54) is 0 Å². The first-order valence-electron chi connectivity index (χ1n) is 3.74. The van der Waals surface area contributed by atoms with Crippen molar-refractivity contribution in [2.24, 2.45) is 0 Å². The summed E-state index contributed by atoms with van der Waals surface area (Å²) >= 11 is 0. The monoisotopic (exact) mass is 300 g/mol. The first-order chi connectivity index (χ1) is 7.46. The number of halogens is 11. The highest BCUT2D eigenvalue weighted by atomic mass is 19.4. The van der Waals surface area contributed by atoms with Crippen LogP contribution in [-0.2, 0) is 4.74 Å². The fourth-order valence-electron chi connectivity index (χ4n) is 0.480. The highest BCUT2D eigenvalue weighted by Gasteiger charge is 2.75. The van der Waals surface area contributed by atoms with Gasteiger partial charge in [0.25, 0.3) is 5.67 Å². The van der Waals surface area contributed by atoms with Crippen LogP contribution in [0, 0.1) is 0 Å². The lowest BCUT2D eigenvalue weighted by Gasteiger charge is -2.33. The second-order valence-electron chi connectivity index (χ2n) is 3.13. The molecule has 0 aliphatic carbocycles. The van der Waals surface area contributed by atoms with Gasteiger partial charge in [-0.1, -0.05) is 0 Å². The van der Waals surface area contributed by atoms with Crippen LogP contribution in [0.15, 0.2) is 0 Å². The predicted molar refractivity (Wildman–Crippen MR) is 32.6 cm³/mol. The van der Waals surface area contributed by atoms with Crippen LogP contribution in [-0.4, -0.2) is 30.2 Å². The molecule has 0 N–H and O–H groups in total. The molecule has 1 atom stereocenters. The third-order valence-electron chi connectivity index (χ3n) is 1.67. The van der Waals surface area contributed by atoms with Gasteiger partial charge in [-0.25, -0.2) is 9.13 Å². The Morgan fingerprint density at radius 2 is 0.889 bits per heavy atom. The molecule has 12 heteroatoms. The molecule has 0 aliphatic heterocycles. The molecule has 0 aromatic heterocycles. The second-order valence-corrected chi connectivity index (χ2v) is 3.13.